The Balaban J connectivity index is 1.38. The molecule has 10 nitrogen and oxygen atoms in total. The van der Waals surface area contributed by atoms with Crippen molar-refractivity contribution in [2.24, 2.45) is 0 Å². The molecule has 5 N–H and O–H groups in total. The van der Waals surface area contributed by atoms with Gasteiger partial charge < -0.3 is 30.7 Å². The molecule has 10 heteroatoms. The number of benzene rings is 3. The lowest BCUT2D eigenvalue weighted by atomic mass is 10.0. The van der Waals surface area contributed by atoms with Crippen LogP contribution in [0.1, 0.15) is 37.6 Å². The van der Waals surface area contributed by atoms with E-state index < -0.39 is 29.7 Å². The van der Waals surface area contributed by atoms with E-state index in [1.54, 1.807) is 27.0 Å². The van der Waals surface area contributed by atoms with Crippen molar-refractivity contribution in [2.75, 3.05) is 0 Å². The van der Waals surface area contributed by atoms with Crippen molar-refractivity contribution < 1.29 is 19.1 Å². The number of nitrogens with zero attached hydrogens (tertiary/aromatic N) is 1. The van der Waals surface area contributed by atoms with E-state index in [0.717, 1.165) is 27.6 Å². The first-order valence-corrected chi connectivity index (χ1v) is 14.9. The second kappa shape index (κ2) is 13.9. The molecule has 0 saturated carbocycles. The summed E-state index contributed by atoms with van der Waals surface area (Å²) in [5.41, 5.74) is 3.49. The molecule has 0 aliphatic carbocycles. The number of aromatic nitrogens is 3. The van der Waals surface area contributed by atoms with E-state index in [9.17, 15) is 14.4 Å². The predicted octanol–water partition coefficient (Wildman–Crippen LogP) is 5.04. The molecular formula is C35H38N6O4. The van der Waals surface area contributed by atoms with Crippen LogP contribution in [0.3, 0.4) is 0 Å². The molecule has 2 aromatic heterocycles. The lowest BCUT2D eigenvalue weighted by molar-refractivity contribution is -0.130. The summed E-state index contributed by atoms with van der Waals surface area (Å²) in [4.78, 5) is 51.3. The van der Waals surface area contributed by atoms with Crippen molar-refractivity contribution in [2.45, 2.75) is 57.8 Å². The van der Waals surface area contributed by atoms with Crippen LogP contribution in [0.2, 0.25) is 0 Å². The van der Waals surface area contributed by atoms with Gasteiger partial charge in [-0.15, -0.1) is 0 Å². The summed E-state index contributed by atoms with van der Waals surface area (Å²) < 4.78 is 5.48. The van der Waals surface area contributed by atoms with Gasteiger partial charge in [0.1, 0.15) is 23.5 Å². The van der Waals surface area contributed by atoms with Crippen molar-refractivity contribution in [3.63, 3.8) is 0 Å². The van der Waals surface area contributed by atoms with Gasteiger partial charge in [0.15, 0.2) is 0 Å². The quantitative estimate of drug-likeness (QED) is 0.143. The third kappa shape index (κ3) is 8.60. The van der Waals surface area contributed by atoms with Crippen LogP contribution in [-0.4, -0.2) is 50.5 Å². The van der Waals surface area contributed by atoms with Gasteiger partial charge >= 0.3 is 6.09 Å². The van der Waals surface area contributed by atoms with Gasteiger partial charge in [0.2, 0.25) is 11.8 Å². The minimum Gasteiger partial charge on any atom is -0.444 e. The van der Waals surface area contributed by atoms with Crippen molar-refractivity contribution >= 4 is 28.8 Å². The van der Waals surface area contributed by atoms with Gasteiger partial charge in [0.25, 0.3) is 0 Å². The number of aromatic amines is 2. The second-order valence-corrected chi connectivity index (χ2v) is 11.9. The number of amides is 3. The Morgan fingerprint density at radius 3 is 2.22 bits per heavy atom. The maximum atomic E-state index is 13.9. The number of hydrogen-bond acceptors (Lipinski definition) is 5. The lowest BCUT2D eigenvalue weighted by Gasteiger charge is -2.25. The van der Waals surface area contributed by atoms with E-state index in [0.29, 0.717) is 18.1 Å². The highest BCUT2D eigenvalue weighted by Crippen LogP contribution is 2.20. The van der Waals surface area contributed by atoms with Crippen LogP contribution in [0.15, 0.2) is 97.3 Å². The fraction of sp³-hybridized carbons (Fsp3) is 0.257. The average Bonchev–Trinajstić information content (AvgIpc) is 3.66. The van der Waals surface area contributed by atoms with Crippen molar-refractivity contribution in [3.8, 4) is 11.4 Å². The Bertz CT molecular complexity index is 1740. The van der Waals surface area contributed by atoms with Crippen molar-refractivity contribution in [1.29, 1.82) is 0 Å². The van der Waals surface area contributed by atoms with Crippen LogP contribution in [-0.2, 0) is 33.7 Å². The Kier molecular flexibility index (Phi) is 9.62. The first-order chi connectivity index (χ1) is 21.6. The molecule has 2 atom stereocenters. The summed E-state index contributed by atoms with van der Waals surface area (Å²) in [7, 11) is 0. The van der Waals surface area contributed by atoms with Crippen LogP contribution in [0.25, 0.3) is 22.3 Å². The number of imidazole rings is 1. The molecule has 0 spiro atoms. The van der Waals surface area contributed by atoms with Crippen LogP contribution in [0.5, 0.6) is 0 Å². The number of hydrogen-bond donors (Lipinski definition) is 5. The van der Waals surface area contributed by atoms with E-state index in [1.165, 1.54) is 0 Å². The molecule has 0 bridgehead atoms. The Hall–Kier alpha value is -5.38. The molecule has 0 fully saturated rings. The molecule has 3 amide bonds. The van der Waals surface area contributed by atoms with E-state index in [-0.39, 0.29) is 18.7 Å². The molecule has 0 aliphatic rings. The molecule has 0 saturated heterocycles. The van der Waals surface area contributed by atoms with E-state index in [1.807, 2.05) is 91.1 Å². The van der Waals surface area contributed by atoms with Gasteiger partial charge in [-0.1, -0.05) is 78.9 Å². The summed E-state index contributed by atoms with van der Waals surface area (Å²) >= 11 is 0. The number of rotatable bonds is 11. The highest BCUT2D eigenvalue weighted by molar-refractivity contribution is 5.92. The minimum atomic E-state index is -1.02. The number of nitrogens with one attached hydrogen (secondary N) is 5. The SMILES string of the molecule is CC(C)(C)OC(=O)N[C@@H](Cc1c[nH]c2ccccc12)C(=O)N[C@@H](Cc1cnc(-c2ccccc2)[nH]1)C(=O)NCc1ccccc1. The van der Waals surface area contributed by atoms with Crippen LogP contribution in [0.4, 0.5) is 4.79 Å². The van der Waals surface area contributed by atoms with Crippen molar-refractivity contribution in [3.05, 3.63) is 114 Å². The van der Waals surface area contributed by atoms with Crippen molar-refractivity contribution in [1.82, 2.24) is 30.9 Å². The van der Waals surface area contributed by atoms with Gasteiger partial charge in [0.05, 0.1) is 0 Å². The minimum absolute atomic E-state index is 0.151. The summed E-state index contributed by atoms with van der Waals surface area (Å²) in [6, 6.07) is 24.9. The number of carbonyl (C=O) groups is 3. The Morgan fingerprint density at radius 2 is 1.49 bits per heavy atom. The van der Waals surface area contributed by atoms with Gasteiger partial charge in [-0.3, -0.25) is 9.59 Å². The van der Waals surface area contributed by atoms with Gasteiger partial charge in [0, 0.05) is 53.9 Å². The number of alkyl carbamates (subject to hydrolysis) is 1. The van der Waals surface area contributed by atoms with E-state index in [4.69, 9.17) is 4.74 Å². The third-order valence-corrected chi connectivity index (χ3v) is 7.15. The first kappa shape index (κ1) is 31.1. The predicted molar refractivity (Wildman–Crippen MR) is 173 cm³/mol. The number of H-pyrrole nitrogens is 2. The zero-order valence-electron chi connectivity index (χ0n) is 25.6. The molecule has 2 heterocycles. The Morgan fingerprint density at radius 1 is 0.822 bits per heavy atom. The highest BCUT2D eigenvalue weighted by Gasteiger charge is 2.30. The number of para-hydroxylation sites is 1. The first-order valence-electron chi connectivity index (χ1n) is 14.9. The summed E-state index contributed by atoms with van der Waals surface area (Å²) in [6.45, 7) is 5.55. The summed E-state index contributed by atoms with van der Waals surface area (Å²) in [6.07, 6.45) is 3.08. The molecule has 0 aliphatic heterocycles. The van der Waals surface area contributed by atoms with Gasteiger partial charge in [-0.2, -0.15) is 0 Å². The molecule has 0 radical (unpaired) electrons. The van der Waals surface area contributed by atoms with Crippen LogP contribution >= 0.6 is 0 Å². The summed E-state index contributed by atoms with van der Waals surface area (Å²) in [5, 5.41) is 9.50. The molecule has 45 heavy (non-hydrogen) atoms. The summed E-state index contributed by atoms with van der Waals surface area (Å²) in [5.74, 6) is -0.232. The monoisotopic (exact) mass is 606 g/mol. The average molecular weight is 607 g/mol. The maximum Gasteiger partial charge on any atom is 0.408 e. The number of ether oxygens (including phenoxy) is 1. The van der Waals surface area contributed by atoms with Gasteiger partial charge in [-0.25, -0.2) is 9.78 Å². The third-order valence-electron chi connectivity index (χ3n) is 7.15. The smallest absolute Gasteiger partial charge is 0.408 e. The van der Waals surface area contributed by atoms with Gasteiger partial charge in [-0.05, 0) is 38.0 Å². The van der Waals surface area contributed by atoms with Crippen LogP contribution < -0.4 is 16.0 Å². The standard InChI is InChI=1S/C35H38N6O4/c1-35(2,3)45-34(44)41-29(18-25-21-36-28-17-11-10-16-27(25)28)33(43)40-30(32(42)38-20-23-12-6-4-7-13-23)19-26-22-37-31(39-26)24-14-8-5-9-15-24/h4-17,21-22,29-30,36H,18-20H2,1-3H3,(H,37,39)(H,38,42)(H,40,43)(H,41,44)/t29-,30-/m0/s1. The maximum absolute atomic E-state index is 13.9. The second-order valence-electron chi connectivity index (χ2n) is 11.9. The fourth-order valence-corrected chi connectivity index (χ4v) is 4.99. The Labute approximate surface area is 262 Å². The normalized spacial score (nSPS) is 12.7. The number of fused-ring (bicyclic) bond motifs is 1. The molecule has 3 aromatic carbocycles. The molecule has 5 rings (SSSR count). The molecule has 0 unspecified atom stereocenters. The topological polar surface area (TPSA) is 141 Å². The number of carbonyl (C=O) groups excluding carboxylic acids is 3. The molecule has 5 aromatic rings. The van der Waals surface area contributed by atoms with E-state index >= 15 is 0 Å². The lowest BCUT2D eigenvalue weighted by Crippen LogP contribution is -2.55. The highest BCUT2D eigenvalue weighted by atomic mass is 16.6. The fourth-order valence-electron chi connectivity index (χ4n) is 4.99. The zero-order chi connectivity index (χ0) is 31.8. The van der Waals surface area contributed by atoms with E-state index in [2.05, 4.69) is 30.9 Å². The largest absolute Gasteiger partial charge is 0.444 e. The molecular weight excluding hydrogens is 568 g/mol. The van der Waals surface area contributed by atoms with Crippen LogP contribution in [0, 0.1) is 0 Å². The molecule has 232 valence electrons. The zero-order valence-corrected chi connectivity index (χ0v) is 25.6.